The number of hydrogen-bond donors (Lipinski definition) is 1. The largest absolute Gasteiger partial charge is 0.395 e. The average Bonchev–Trinajstić information content (AvgIpc) is 2.83. The van der Waals surface area contributed by atoms with Crippen LogP contribution in [0.1, 0.15) is 10.6 Å². The topological polar surface area (TPSA) is 69.8 Å². The standard InChI is InChI=1S/C10H15N3O3/c14-8-7-12-3-5-13(6-4-12)10(15)9-1-2-11-16-9/h1-2,14H,3-8H2. The first kappa shape index (κ1) is 11.1. The minimum absolute atomic E-state index is 0.110. The van der Waals surface area contributed by atoms with Crippen molar-refractivity contribution in [1.82, 2.24) is 15.0 Å². The molecule has 0 unspecified atom stereocenters. The van der Waals surface area contributed by atoms with Crippen molar-refractivity contribution < 1.29 is 14.4 Å². The molecule has 0 saturated carbocycles. The van der Waals surface area contributed by atoms with Gasteiger partial charge in [-0.2, -0.15) is 0 Å². The van der Waals surface area contributed by atoms with E-state index in [0.29, 0.717) is 19.6 Å². The molecule has 6 heteroatoms. The van der Waals surface area contributed by atoms with Crippen LogP contribution >= 0.6 is 0 Å². The molecule has 0 radical (unpaired) electrons. The summed E-state index contributed by atoms with van der Waals surface area (Å²) in [6.45, 7) is 3.75. The van der Waals surface area contributed by atoms with Gasteiger partial charge >= 0.3 is 0 Å². The number of nitrogens with zero attached hydrogens (tertiary/aromatic N) is 3. The molecule has 0 bridgehead atoms. The van der Waals surface area contributed by atoms with Crippen molar-refractivity contribution in [3.8, 4) is 0 Å². The number of carbonyl (C=O) groups is 1. The lowest BCUT2D eigenvalue weighted by molar-refractivity contribution is 0.0576. The second-order valence-corrected chi connectivity index (χ2v) is 3.73. The molecular weight excluding hydrogens is 210 g/mol. The third-order valence-corrected chi connectivity index (χ3v) is 2.72. The second kappa shape index (κ2) is 5.09. The SMILES string of the molecule is O=C(c1ccno1)N1CCN(CCO)CC1. The number of β-amino-alcohol motifs (C(OH)–C–C–N with tert-alkyl or cyclic N) is 1. The van der Waals surface area contributed by atoms with E-state index in [1.165, 1.54) is 6.20 Å². The monoisotopic (exact) mass is 225 g/mol. The number of piperazine rings is 1. The third kappa shape index (κ3) is 2.40. The molecule has 2 heterocycles. The molecule has 88 valence electrons. The Morgan fingerprint density at radius 1 is 1.44 bits per heavy atom. The van der Waals surface area contributed by atoms with Crippen LogP contribution in [0.2, 0.25) is 0 Å². The van der Waals surface area contributed by atoms with Crippen LogP contribution in [0.25, 0.3) is 0 Å². The Balaban J connectivity index is 1.87. The maximum absolute atomic E-state index is 11.8. The molecule has 1 aromatic heterocycles. The molecule has 1 amide bonds. The first-order chi connectivity index (χ1) is 7.81. The number of amides is 1. The highest BCUT2D eigenvalue weighted by Gasteiger charge is 2.23. The first-order valence-corrected chi connectivity index (χ1v) is 5.34. The van der Waals surface area contributed by atoms with E-state index in [-0.39, 0.29) is 18.3 Å². The first-order valence-electron chi connectivity index (χ1n) is 5.34. The van der Waals surface area contributed by atoms with Crippen molar-refractivity contribution in [3.05, 3.63) is 18.0 Å². The van der Waals surface area contributed by atoms with Gasteiger partial charge in [0, 0.05) is 38.8 Å². The van der Waals surface area contributed by atoms with E-state index in [9.17, 15) is 4.79 Å². The van der Waals surface area contributed by atoms with Crippen molar-refractivity contribution in [3.63, 3.8) is 0 Å². The van der Waals surface area contributed by atoms with Gasteiger partial charge in [-0.1, -0.05) is 5.16 Å². The van der Waals surface area contributed by atoms with Crippen molar-refractivity contribution in [2.75, 3.05) is 39.3 Å². The van der Waals surface area contributed by atoms with Crippen molar-refractivity contribution >= 4 is 5.91 Å². The highest BCUT2D eigenvalue weighted by atomic mass is 16.5. The van der Waals surface area contributed by atoms with Gasteiger partial charge < -0.3 is 14.5 Å². The molecular formula is C10H15N3O3. The van der Waals surface area contributed by atoms with Gasteiger partial charge in [-0.15, -0.1) is 0 Å². The Hall–Kier alpha value is -1.40. The van der Waals surface area contributed by atoms with E-state index in [1.807, 2.05) is 0 Å². The van der Waals surface area contributed by atoms with E-state index in [4.69, 9.17) is 9.63 Å². The Labute approximate surface area is 93.4 Å². The number of aliphatic hydroxyl groups excluding tert-OH is 1. The van der Waals surface area contributed by atoms with E-state index in [0.717, 1.165) is 13.1 Å². The lowest BCUT2D eigenvalue weighted by Gasteiger charge is -2.33. The van der Waals surface area contributed by atoms with Gasteiger partial charge in [0.1, 0.15) is 0 Å². The molecule has 1 aliphatic heterocycles. The summed E-state index contributed by atoms with van der Waals surface area (Å²) in [6.07, 6.45) is 1.47. The van der Waals surface area contributed by atoms with Crippen LogP contribution in [-0.4, -0.2) is 65.3 Å². The van der Waals surface area contributed by atoms with E-state index < -0.39 is 0 Å². The number of rotatable bonds is 3. The van der Waals surface area contributed by atoms with Crippen LogP contribution < -0.4 is 0 Å². The van der Waals surface area contributed by atoms with Gasteiger partial charge in [-0.3, -0.25) is 9.69 Å². The van der Waals surface area contributed by atoms with Gasteiger partial charge in [-0.25, -0.2) is 0 Å². The molecule has 0 aromatic carbocycles. The predicted molar refractivity (Wildman–Crippen MR) is 55.9 cm³/mol. The average molecular weight is 225 g/mol. The van der Waals surface area contributed by atoms with Crippen LogP contribution in [0.15, 0.2) is 16.8 Å². The van der Waals surface area contributed by atoms with Crippen molar-refractivity contribution in [1.29, 1.82) is 0 Å². The Morgan fingerprint density at radius 3 is 2.75 bits per heavy atom. The summed E-state index contributed by atoms with van der Waals surface area (Å²) in [6, 6.07) is 1.57. The fraction of sp³-hybridized carbons (Fsp3) is 0.600. The summed E-state index contributed by atoms with van der Waals surface area (Å²) in [5.74, 6) is 0.178. The minimum Gasteiger partial charge on any atom is -0.395 e. The van der Waals surface area contributed by atoms with Crippen molar-refractivity contribution in [2.24, 2.45) is 0 Å². The molecule has 16 heavy (non-hydrogen) atoms. The number of hydrogen-bond acceptors (Lipinski definition) is 5. The summed E-state index contributed by atoms with van der Waals surface area (Å²) >= 11 is 0. The molecule has 0 atom stereocenters. The molecule has 1 N–H and O–H groups in total. The van der Waals surface area contributed by atoms with Gasteiger partial charge in [-0.05, 0) is 0 Å². The van der Waals surface area contributed by atoms with Gasteiger partial charge in [0.05, 0.1) is 12.8 Å². The molecule has 1 aromatic rings. The maximum Gasteiger partial charge on any atom is 0.292 e. The number of aromatic nitrogens is 1. The summed E-state index contributed by atoms with van der Waals surface area (Å²) in [5.41, 5.74) is 0. The quantitative estimate of drug-likeness (QED) is 0.745. The van der Waals surface area contributed by atoms with E-state index in [1.54, 1.807) is 11.0 Å². The fourth-order valence-electron chi connectivity index (χ4n) is 1.80. The minimum atomic E-state index is -0.110. The smallest absolute Gasteiger partial charge is 0.292 e. The van der Waals surface area contributed by atoms with E-state index >= 15 is 0 Å². The van der Waals surface area contributed by atoms with Gasteiger partial charge in [0.15, 0.2) is 0 Å². The zero-order chi connectivity index (χ0) is 11.4. The fourth-order valence-corrected chi connectivity index (χ4v) is 1.80. The summed E-state index contributed by atoms with van der Waals surface area (Å²) in [5, 5.41) is 12.3. The molecule has 0 aliphatic carbocycles. The molecule has 1 saturated heterocycles. The highest BCUT2D eigenvalue weighted by Crippen LogP contribution is 2.07. The van der Waals surface area contributed by atoms with Crippen LogP contribution in [0.4, 0.5) is 0 Å². The van der Waals surface area contributed by atoms with E-state index in [2.05, 4.69) is 10.1 Å². The van der Waals surface area contributed by atoms with Crippen LogP contribution in [0, 0.1) is 0 Å². The summed E-state index contributed by atoms with van der Waals surface area (Å²) < 4.78 is 4.83. The molecule has 0 spiro atoms. The van der Waals surface area contributed by atoms with Crippen LogP contribution in [0.5, 0.6) is 0 Å². The Bertz CT molecular complexity index is 331. The van der Waals surface area contributed by atoms with Crippen LogP contribution in [0.3, 0.4) is 0 Å². The zero-order valence-electron chi connectivity index (χ0n) is 9.00. The third-order valence-electron chi connectivity index (χ3n) is 2.72. The molecule has 2 rings (SSSR count). The zero-order valence-corrected chi connectivity index (χ0v) is 9.00. The lowest BCUT2D eigenvalue weighted by atomic mass is 10.3. The highest BCUT2D eigenvalue weighted by molar-refractivity contribution is 5.91. The number of carbonyl (C=O) groups excluding carboxylic acids is 1. The molecule has 1 fully saturated rings. The lowest BCUT2D eigenvalue weighted by Crippen LogP contribution is -2.49. The molecule has 1 aliphatic rings. The maximum atomic E-state index is 11.8. The van der Waals surface area contributed by atoms with Gasteiger partial charge in [0.25, 0.3) is 5.91 Å². The summed E-state index contributed by atoms with van der Waals surface area (Å²) in [7, 11) is 0. The predicted octanol–water partition coefficient (Wildman–Crippen LogP) is -0.575. The number of aliphatic hydroxyl groups is 1. The normalized spacial score (nSPS) is 17.7. The van der Waals surface area contributed by atoms with Gasteiger partial charge in [0.2, 0.25) is 5.76 Å². The summed E-state index contributed by atoms with van der Waals surface area (Å²) in [4.78, 5) is 15.7. The van der Waals surface area contributed by atoms with Crippen molar-refractivity contribution in [2.45, 2.75) is 0 Å². The Morgan fingerprint density at radius 2 is 2.19 bits per heavy atom. The Kier molecular flexibility index (Phi) is 3.53. The second-order valence-electron chi connectivity index (χ2n) is 3.73. The molecule has 6 nitrogen and oxygen atoms in total. The van der Waals surface area contributed by atoms with Crippen LogP contribution in [-0.2, 0) is 0 Å².